The van der Waals surface area contributed by atoms with Crippen molar-refractivity contribution in [2.45, 2.75) is 6.42 Å². The van der Waals surface area contributed by atoms with Crippen LogP contribution in [0.4, 0.5) is 0 Å². The number of thiophene rings is 2. The van der Waals surface area contributed by atoms with Crippen molar-refractivity contribution >= 4 is 70.7 Å². The van der Waals surface area contributed by atoms with E-state index in [4.69, 9.17) is 0 Å². The van der Waals surface area contributed by atoms with Gasteiger partial charge in [0.05, 0.1) is 0 Å². The lowest BCUT2D eigenvalue weighted by Gasteiger charge is -2.01. The van der Waals surface area contributed by atoms with Gasteiger partial charge in [-0.05, 0) is 68.1 Å². The molecule has 0 radical (unpaired) electrons. The van der Waals surface area contributed by atoms with Gasteiger partial charge in [0.2, 0.25) is 0 Å². The Labute approximate surface area is 206 Å². The maximum absolute atomic E-state index is 3.66. The standard InChI is InChI=1S/C27H14Br2S2/c28-24-15-25(29)19(11-13-21-17-31-27-9-5-4-7-23(21)27)14-18(24)10-12-20-16-30-26-8-3-1-2-6-22(20)26/h1-5,7-9,14-17H,6H2. The third kappa shape index (κ3) is 4.36. The summed E-state index contributed by atoms with van der Waals surface area (Å²) in [5, 5.41) is 5.47. The van der Waals surface area contributed by atoms with Gasteiger partial charge in [0.1, 0.15) is 0 Å². The normalized spacial score (nSPS) is 11.9. The molecule has 0 nitrogen and oxygen atoms in total. The van der Waals surface area contributed by atoms with Crippen LogP contribution >= 0.6 is 54.5 Å². The number of hydrogen-bond acceptors (Lipinski definition) is 2. The monoisotopic (exact) mass is 560 g/mol. The lowest BCUT2D eigenvalue weighted by atomic mass is 10.1. The largest absolute Gasteiger partial charge is 0.143 e. The second kappa shape index (κ2) is 9.03. The molecule has 4 heteroatoms. The molecular weight excluding hydrogens is 548 g/mol. The lowest BCUT2D eigenvalue weighted by Crippen LogP contribution is -1.87. The molecule has 1 aliphatic rings. The third-order valence-electron chi connectivity index (χ3n) is 4.94. The van der Waals surface area contributed by atoms with Crippen molar-refractivity contribution in [2.24, 2.45) is 0 Å². The number of hydrogen-bond donors (Lipinski definition) is 0. The van der Waals surface area contributed by atoms with Gasteiger partial charge in [-0.15, -0.1) is 22.7 Å². The van der Waals surface area contributed by atoms with Crippen LogP contribution < -0.4 is 0 Å². The van der Waals surface area contributed by atoms with Crippen LogP contribution in [-0.2, 0) is 6.42 Å². The molecule has 5 rings (SSSR count). The van der Waals surface area contributed by atoms with E-state index in [0.29, 0.717) is 0 Å². The Morgan fingerprint density at radius 3 is 2.29 bits per heavy atom. The Balaban J connectivity index is 1.50. The first-order valence-corrected chi connectivity index (χ1v) is 13.0. The predicted octanol–water partition coefficient (Wildman–Crippen LogP) is 8.41. The maximum atomic E-state index is 3.66. The van der Waals surface area contributed by atoms with Crippen LogP contribution in [0.1, 0.15) is 32.7 Å². The van der Waals surface area contributed by atoms with Crippen molar-refractivity contribution in [3.05, 3.63) is 107 Å². The number of fused-ring (bicyclic) bond motifs is 2. The van der Waals surface area contributed by atoms with Gasteiger partial charge in [-0.1, -0.05) is 60.1 Å². The molecule has 2 aromatic heterocycles. The Morgan fingerprint density at radius 1 is 0.742 bits per heavy atom. The Hall–Kier alpha value is -2.34. The van der Waals surface area contributed by atoms with Gasteiger partial charge in [-0.25, -0.2) is 0 Å². The van der Waals surface area contributed by atoms with E-state index in [1.54, 1.807) is 22.7 Å². The first-order chi connectivity index (χ1) is 15.2. The van der Waals surface area contributed by atoms with Crippen LogP contribution in [0.15, 0.2) is 74.3 Å². The molecule has 0 aliphatic heterocycles. The molecular formula is C27H14Br2S2. The minimum Gasteiger partial charge on any atom is -0.143 e. The summed E-state index contributed by atoms with van der Waals surface area (Å²) in [6.45, 7) is 0. The number of allylic oxidation sites excluding steroid dienone is 3. The summed E-state index contributed by atoms with van der Waals surface area (Å²) >= 11 is 10.8. The summed E-state index contributed by atoms with van der Waals surface area (Å²) in [7, 11) is 0. The first kappa shape index (κ1) is 20.6. The molecule has 0 unspecified atom stereocenters. The summed E-state index contributed by atoms with van der Waals surface area (Å²) in [4.78, 5) is 1.29. The molecule has 0 fully saturated rings. The van der Waals surface area contributed by atoms with Crippen LogP contribution in [0.25, 0.3) is 16.2 Å². The van der Waals surface area contributed by atoms with Crippen LogP contribution in [0, 0.1) is 23.7 Å². The Bertz CT molecular complexity index is 1490. The van der Waals surface area contributed by atoms with E-state index < -0.39 is 0 Å². The van der Waals surface area contributed by atoms with Crippen molar-refractivity contribution in [2.75, 3.05) is 0 Å². The molecule has 0 atom stereocenters. The summed E-state index contributed by atoms with van der Waals surface area (Å²) in [6.07, 6.45) is 9.44. The molecule has 148 valence electrons. The van der Waals surface area contributed by atoms with Crippen LogP contribution in [0.3, 0.4) is 0 Å². The van der Waals surface area contributed by atoms with Gasteiger partial charge in [-0.3, -0.25) is 0 Å². The van der Waals surface area contributed by atoms with E-state index in [9.17, 15) is 0 Å². The highest BCUT2D eigenvalue weighted by atomic mass is 79.9. The molecule has 2 heterocycles. The first-order valence-electron chi connectivity index (χ1n) is 9.62. The number of halogens is 2. The second-order valence-electron chi connectivity index (χ2n) is 6.94. The Morgan fingerprint density at radius 2 is 1.45 bits per heavy atom. The average molecular weight is 562 g/mol. The molecule has 0 N–H and O–H groups in total. The van der Waals surface area contributed by atoms with Gasteiger partial charge in [0.25, 0.3) is 0 Å². The van der Waals surface area contributed by atoms with Crippen molar-refractivity contribution in [1.82, 2.24) is 0 Å². The van der Waals surface area contributed by atoms with Gasteiger partial charge in [0, 0.05) is 56.9 Å². The highest BCUT2D eigenvalue weighted by Crippen LogP contribution is 2.29. The zero-order valence-corrected chi connectivity index (χ0v) is 21.0. The molecule has 31 heavy (non-hydrogen) atoms. The molecule has 2 aromatic carbocycles. The summed E-state index contributed by atoms with van der Waals surface area (Å²) in [6, 6.07) is 12.4. The smallest absolute Gasteiger partial charge is 0.0434 e. The molecule has 1 aliphatic carbocycles. The lowest BCUT2D eigenvalue weighted by molar-refractivity contribution is 1.28. The molecule has 0 saturated heterocycles. The van der Waals surface area contributed by atoms with E-state index in [1.165, 1.54) is 20.5 Å². The summed E-state index contributed by atoms with van der Waals surface area (Å²) < 4.78 is 3.17. The van der Waals surface area contributed by atoms with Crippen molar-refractivity contribution in [3.63, 3.8) is 0 Å². The summed E-state index contributed by atoms with van der Waals surface area (Å²) in [5.74, 6) is 13.4. The Kier molecular flexibility index (Phi) is 5.99. The molecule has 4 aromatic rings. The van der Waals surface area contributed by atoms with Crippen molar-refractivity contribution in [1.29, 1.82) is 0 Å². The topological polar surface area (TPSA) is 0 Å². The van der Waals surface area contributed by atoms with E-state index in [0.717, 1.165) is 37.6 Å². The molecule has 0 saturated carbocycles. The SMILES string of the molecule is Brc1cc(Br)c(C#Cc2csc3ccccc23)cc1C#Cc1csc2c1CC=CC=C2. The van der Waals surface area contributed by atoms with Gasteiger partial charge < -0.3 is 0 Å². The second-order valence-corrected chi connectivity index (χ2v) is 10.5. The maximum Gasteiger partial charge on any atom is 0.0434 e. The fourth-order valence-corrected chi connectivity index (χ4v) is 6.37. The van der Waals surface area contributed by atoms with Gasteiger partial charge >= 0.3 is 0 Å². The average Bonchev–Trinajstić information content (AvgIpc) is 3.28. The van der Waals surface area contributed by atoms with E-state index in [2.05, 4.69) is 115 Å². The van der Waals surface area contributed by atoms with E-state index >= 15 is 0 Å². The zero-order valence-electron chi connectivity index (χ0n) is 16.2. The van der Waals surface area contributed by atoms with Crippen molar-refractivity contribution in [3.8, 4) is 23.7 Å². The fourth-order valence-electron chi connectivity index (χ4n) is 3.34. The molecule has 0 amide bonds. The van der Waals surface area contributed by atoms with E-state index in [-0.39, 0.29) is 0 Å². The van der Waals surface area contributed by atoms with E-state index in [1.807, 2.05) is 12.1 Å². The fraction of sp³-hybridized carbons (Fsp3) is 0.0370. The highest BCUT2D eigenvalue weighted by Gasteiger charge is 2.09. The molecule has 0 bridgehead atoms. The van der Waals surface area contributed by atoms with Crippen molar-refractivity contribution < 1.29 is 0 Å². The van der Waals surface area contributed by atoms with Crippen LogP contribution in [0.2, 0.25) is 0 Å². The highest BCUT2D eigenvalue weighted by molar-refractivity contribution is 9.11. The minimum atomic E-state index is 0.919. The third-order valence-corrected chi connectivity index (χ3v) is 8.21. The number of benzene rings is 2. The quantitative estimate of drug-likeness (QED) is 0.189. The van der Waals surface area contributed by atoms with Gasteiger partial charge in [-0.2, -0.15) is 0 Å². The van der Waals surface area contributed by atoms with Crippen LogP contribution in [0.5, 0.6) is 0 Å². The number of rotatable bonds is 0. The predicted molar refractivity (Wildman–Crippen MR) is 142 cm³/mol. The summed E-state index contributed by atoms with van der Waals surface area (Å²) in [5.41, 5.74) is 5.33. The minimum absolute atomic E-state index is 0.919. The van der Waals surface area contributed by atoms with Crippen LogP contribution in [-0.4, -0.2) is 0 Å². The molecule has 0 spiro atoms. The van der Waals surface area contributed by atoms with Gasteiger partial charge in [0.15, 0.2) is 0 Å². The zero-order chi connectivity index (χ0) is 21.2.